The number of hydrogen-bond acceptors (Lipinski definition) is 7. The Morgan fingerprint density at radius 1 is 1.14 bits per heavy atom. The number of nitrogens with two attached hydrogens (primary N) is 1. The van der Waals surface area contributed by atoms with Crippen LogP contribution in [0, 0.1) is 0 Å². The number of aromatic nitrogens is 2. The lowest BCUT2D eigenvalue weighted by Gasteiger charge is -2.33. The van der Waals surface area contributed by atoms with Crippen LogP contribution in [0.2, 0.25) is 0 Å². The molecule has 4 rings (SSSR count). The van der Waals surface area contributed by atoms with Gasteiger partial charge in [0.1, 0.15) is 5.69 Å². The molecule has 4 heterocycles. The molecule has 2 fully saturated rings. The second kappa shape index (κ2) is 8.81. The van der Waals surface area contributed by atoms with Crippen LogP contribution in [0.3, 0.4) is 0 Å². The smallest absolute Gasteiger partial charge is 0.267 e. The summed E-state index contributed by atoms with van der Waals surface area (Å²) < 4.78 is 17.0. The standard InChI is InChI=1S/C20H26N4O4/c21-20(25)17-2-1-14-11-22-12-18(19(14)23-17)24-6-3-15(4-7-24)27-9-10-28-16-5-8-26-13-16/h1-2,11-12,15-16H,3-10,13H2,(H2,21,25)/t16-/m1/s1. The number of amides is 1. The van der Waals surface area contributed by atoms with Crippen LogP contribution in [0.15, 0.2) is 24.5 Å². The molecule has 0 aliphatic carbocycles. The zero-order chi connectivity index (χ0) is 19.3. The number of rotatable bonds is 7. The average molecular weight is 386 g/mol. The van der Waals surface area contributed by atoms with Crippen molar-refractivity contribution in [2.75, 3.05) is 44.4 Å². The van der Waals surface area contributed by atoms with Gasteiger partial charge >= 0.3 is 0 Å². The monoisotopic (exact) mass is 386 g/mol. The Balaban J connectivity index is 1.32. The second-order valence-electron chi connectivity index (χ2n) is 7.20. The van der Waals surface area contributed by atoms with Crippen LogP contribution in [-0.4, -0.2) is 67.6 Å². The Bertz CT molecular complexity index is 817. The lowest BCUT2D eigenvalue weighted by molar-refractivity contribution is -0.0294. The van der Waals surface area contributed by atoms with Crippen molar-refractivity contribution in [3.8, 4) is 0 Å². The molecule has 0 spiro atoms. The van der Waals surface area contributed by atoms with Gasteiger partial charge in [0.15, 0.2) is 0 Å². The third kappa shape index (κ3) is 4.40. The highest BCUT2D eigenvalue weighted by atomic mass is 16.6. The molecular formula is C20H26N4O4. The van der Waals surface area contributed by atoms with Crippen LogP contribution < -0.4 is 10.6 Å². The van der Waals surface area contributed by atoms with E-state index in [2.05, 4.69) is 14.9 Å². The maximum Gasteiger partial charge on any atom is 0.267 e. The van der Waals surface area contributed by atoms with Gasteiger partial charge in [0, 0.05) is 31.3 Å². The molecule has 2 N–H and O–H groups in total. The summed E-state index contributed by atoms with van der Waals surface area (Å²) in [6.45, 7) is 4.42. The Morgan fingerprint density at radius 2 is 1.93 bits per heavy atom. The van der Waals surface area contributed by atoms with E-state index in [4.69, 9.17) is 19.9 Å². The van der Waals surface area contributed by atoms with Gasteiger partial charge in [0.25, 0.3) is 5.91 Å². The summed E-state index contributed by atoms with van der Waals surface area (Å²) >= 11 is 0. The fourth-order valence-electron chi connectivity index (χ4n) is 3.73. The van der Waals surface area contributed by atoms with E-state index >= 15 is 0 Å². The minimum absolute atomic E-state index is 0.224. The molecule has 0 radical (unpaired) electrons. The largest absolute Gasteiger partial charge is 0.379 e. The average Bonchev–Trinajstić information content (AvgIpc) is 3.24. The molecule has 8 heteroatoms. The third-order valence-electron chi connectivity index (χ3n) is 5.29. The molecule has 2 aromatic rings. The molecule has 2 saturated heterocycles. The lowest BCUT2D eigenvalue weighted by atomic mass is 10.1. The molecule has 2 aliphatic rings. The Labute approximate surface area is 164 Å². The summed E-state index contributed by atoms with van der Waals surface area (Å²) in [6.07, 6.45) is 6.85. The maximum atomic E-state index is 11.5. The molecule has 0 bridgehead atoms. The van der Waals surface area contributed by atoms with Crippen LogP contribution in [0.25, 0.3) is 10.9 Å². The first-order chi connectivity index (χ1) is 13.7. The number of fused-ring (bicyclic) bond motifs is 1. The van der Waals surface area contributed by atoms with Gasteiger partial charge in [0.05, 0.1) is 49.4 Å². The van der Waals surface area contributed by atoms with Crippen molar-refractivity contribution in [1.82, 2.24) is 9.97 Å². The molecule has 150 valence electrons. The number of piperidine rings is 1. The summed E-state index contributed by atoms with van der Waals surface area (Å²) in [5, 5.41) is 0.897. The topological polar surface area (TPSA) is 99.8 Å². The van der Waals surface area contributed by atoms with Crippen molar-refractivity contribution in [3.63, 3.8) is 0 Å². The second-order valence-corrected chi connectivity index (χ2v) is 7.20. The van der Waals surface area contributed by atoms with Crippen molar-refractivity contribution < 1.29 is 19.0 Å². The van der Waals surface area contributed by atoms with Crippen molar-refractivity contribution in [2.45, 2.75) is 31.5 Å². The van der Waals surface area contributed by atoms with Crippen molar-refractivity contribution in [3.05, 3.63) is 30.2 Å². The molecular weight excluding hydrogens is 360 g/mol. The van der Waals surface area contributed by atoms with Gasteiger partial charge in [0.2, 0.25) is 0 Å². The Morgan fingerprint density at radius 3 is 2.64 bits per heavy atom. The van der Waals surface area contributed by atoms with E-state index in [1.807, 2.05) is 6.07 Å². The number of anilines is 1. The highest BCUT2D eigenvalue weighted by molar-refractivity contribution is 5.96. The third-order valence-corrected chi connectivity index (χ3v) is 5.29. The van der Waals surface area contributed by atoms with E-state index in [1.54, 1.807) is 18.5 Å². The van der Waals surface area contributed by atoms with E-state index in [0.717, 1.165) is 55.5 Å². The molecule has 0 saturated carbocycles. The number of hydrogen-bond donors (Lipinski definition) is 1. The van der Waals surface area contributed by atoms with E-state index in [-0.39, 0.29) is 17.9 Å². The fourth-order valence-corrected chi connectivity index (χ4v) is 3.73. The minimum Gasteiger partial charge on any atom is -0.379 e. The van der Waals surface area contributed by atoms with Crippen LogP contribution in [-0.2, 0) is 14.2 Å². The minimum atomic E-state index is -0.525. The van der Waals surface area contributed by atoms with Gasteiger partial charge in [-0.3, -0.25) is 9.78 Å². The van der Waals surface area contributed by atoms with Gasteiger partial charge in [-0.1, -0.05) is 0 Å². The molecule has 8 nitrogen and oxygen atoms in total. The van der Waals surface area contributed by atoms with Gasteiger partial charge in [-0.25, -0.2) is 4.98 Å². The summed E-state index contributed by atoms with van der Waals surface area (Å²) in [7, 11) is 0. The zero-order valence-electron chi connectivity index (χ0n) is 15.9. The zero-order valence-corrected chi connectivity index (χ0v) is 15.9. The van der Waals surface area contributed by atoms with Crippen LogP contribution in [0.4, 0.5) is 5.69 Å². The normalized spacial score (nSPS) is 20.7. The number of ether oxygens (including phenoxy) is 3. The van der Waals surface area contributed by atoms with E-state index < -0.39 is 5.91 Å². The quantitative estimate of drug-likeness (QED) is 0.720. The van der Waals surface area contributed by atoms with Gasteiger partial charge in [-0.2, -0.15) is 0 Å². The highest BCUT2D eigenvalue weighted by Crippen LogP contribution is 2.27. The van der Waals surface area contributed by atoms with Crippen LogP contribution in [0.5, 0.6) is 0 Å². The Hall–Kier alpha value is -2.29. The number of nitrogens with zero attached hydrogens (tertiary/aromatic N) is 3. The molecule has 28 heavy (non-hydrogen) atoms. The van der Waals surface area contributed by atoms with Gasteiger partial charge in [-0.05, 0) is 31.4 Å². The highest BCUT2D eigenvalue weighted by Gasteiger charge is 2.22. The van der Waals surface area contributed by atoms with E-state index in [9.17, 15) is 4.79 Å². The molecule has 0 aromatic carbocycles. The summed E-state index contributed by atoms with van der Waals surface area (Å²) in [6, 6.07) is 3.47. The fraction of sp³-hybridized carbons (Fsp3) is 0.550. The first kappa shape index (κ1) is 19.0. The van der Waals surface area contributed by atoms with Crippen molar-refractivity contribution >= 4 is 22.5 Å². The summed E-state index contributed by atoms with van der Waals surface area (Å²) in [5.41, 5.74) is 7.35. The predicted octanol–water partition coefficient (Wildman–Crippen LogP) is 1.52. The number of pyridine rings is 2. The molecule has 1 atom stereocenters. The number of carbonyl (C=O) groups excluding carboxylic acids is 1. The summed E-state index contributed by atoms with van der Waals surface area (Å²) in [5.74, 6) is -0.525. The van der Waals surface area contributed by atoms with Crippen molar-refractivity contribution in [1.29, 1.82) is 0 Å². The van der Waals surface area contributed by atoms with Gasteiger partial charge in [-0.15, -0.1) is 0 Å². The lowest BCUT2D eigenvalue weighted by Crippen LogP contribution is -2.37. The maximum absolute atomic E-state index is 11.5. The predicted molar refractivity (Wildman–Crippen MR) is 104 cm³/mol. The first-order valence-corrected chi connectivity index (χ1v) is 9.81. The molecule has 2 aromatic heterocycles. The first-order valence-electron chi connectivity index (χ1n) is 9.81. The van der Waals surface area contributed by atoms with E-state index in [0.29, 0.717) is 19.8 Å². The van der Waals surface area contributed by atoms with Crippen LogP contribution >= 0.6 is 0 Å². The Kier molecular flexibility index (Phi) is 5.99. The SMILES string of the molecule is NC(=O)c1ccc2cncc(N3CCC(OCCO[C@@H]4CCOC4)CC3)c2n1. The van der Waals surface area contributed by atoms with E-state index in [1.165, 1.54) is 0 Å². The molecule has 0 unspecified atom stereocenters. The van der Waals surface area contributed by atoms with Crippen LogP contribution in [0.1, 0.15) is 29.8 Å². The molecule has 2 aliphatic heterocycles. The van der Waals surface area contributed by atoms with Crippen molar-refractivity contribution in [2.24, 2.45) is 5.73 Å². The molecule has 1 amide bonds. The number of carbonyl (C=O) groups is 1. The number of primary amides is 1. The van der Waals surface area contributed by atoms with Gasteiger partial charge < -0.3 is 24.8 Å². The summed E-state index contributed by atoms with van der Waals surface area (Å²) in [4.78, 5) is 22.5.